The second kappa shape index (κ2) is 23.5. The Labute approximate surface area is 423 Å². The van der Waals surface area contributed by atoms with E-state index in [0.29, 0.717) is 57.0 Å². The standard InChI is InChI=1S/C19H22F2N6O3.C17H26N4O4.C13H10F2N2O2/c1-11-8-27-16(15(7-23-27)26-9-13(30-2)6-17(26)28)10-25(11)19(29)24-12-3-4-22-14(5-12)18(20)21;1-11-8-21-14(10-19(11)16(23)25-17(2,3)4)13(7-18-21)20-9-12(24-5)6-15(20)22;14-12(15)11-8-9(6-7-16-11)17-13(18)19-10-4-2-1-3-5-10/h3-5,7,11,13,18H,6,8-10H2,1-2H3,(H,22,24,29);7,11-12H,6,8-10H2,1-5H3;1-8,12H,(H,16,17,18)/t11-,13-;11-,12-;/m00./s1. The fraction of sp³-hybridized carbons (Fsp3) is 0.449. The number of alkyl halides is 4. The zero-order chi connectivity index (χ0) is 53.4. The molecule has 8 heterocycles. The predicted molar refractivity (Wildman–Crippen MR) is 260 cm³/mol. The first-order valence-electron chi connectivity index (χ1n) is 23.6. The number of hydrogen-bond acceptors (Lipinski definition) is 13. The van der Waals surface area contributed by atoms with Gasteiger partial charge >= 0.3 is 18.2 Å². The van der Waals surface area contributed by atoms with Crippen molar-refractivity contribution in [2.45, 2.75) is 116 Å². The van der Waals surface area contributed by atoms with Crippen molar-refractivity contribution < 1.29 is 60.5 Å². The van der Waals surface area contributed by atoms with E-state index in [1.165, 1.54) is 24.5 Å². The number of pyridine rings is 2. The van der Waals surface area contributed by atoms with Crippen molar-refractivity contribution in [1.29, 1.82) is 0 Å². The van der Waals surface area contributed by atoms with E-state index in [-0.39, 0.29) is 60.1 Å². The van der Waals surface area contributed by atoms with Crippen molar-refractivity contribution in [3.05, 3.63) is 102 Å². The molecule has 74 heavy (non-hydrogen) atoms. The number of nitrogens with one attached hydrogen (secondary N) is 2. The number of aromatic nitrogens is 6. The van der Waals surface area contributed by atoms with Gasteiger partial charge in [0.25, 0.3) is 12.9 Å². The van der Waals surface area contributed by atoms with Crippen LogP contribution in [-0.4, -0.2) is 127 Å². The Hall–Kier alpha value is -7.67. The monoisotopic (exact) mass is 1030 g/mol. The number of hydrogen-bond donors (Lipinski definition) is 2. The van der Waals surface area contributed by atoms with Gasteiger partial charge in [-0.25, -0.2) is 31.9 Å². The number of carbonyl (C=O) groups excluding carboxylic acids is 5. The quantitative estimate of drug-likeness (QED) is 0.135. The molecule has 25 heteroatoms. The molecular formula is C49H58F4N12O9. The van der Waals surface area contributed by atoms with Crippen LogP contribution >= 0.6 is 0 Å². The molecule has 2 saturated heterocycles. The number of para-hydroxylation sites is 1. The number of carbonyl (C=O) groups is 5. The van der Waals surface area contributed by atoms with Crippen molar-refractivity contribution >= 4 is 52.8 Å². The first kappa shape index (κ1) is 54.1. The number of halogens is 4. The number of benzene rings is 1. The minimum Gasteiger partial charge on any atom is -0.444 e. The lowest BCUT2D eigenvalue weighted by Crippen LogP contribution is -2.47. The van der Waals surface area contributed by atoms with Gasteiger partial charge in [-0.2, -0.15) is 10.2 Å². The van der Waals surface area contributed by atoms with Crippen molar-refractivity contribution in [1.82, 2.24) is 39.3 Å². The number of methoxy groups -OCH3 is 2. The van der Waals surface area contributed by atoms with E-state index in [0.717, 1.165) is 29.2 Å². The maximum atomic E-state index is 12.9. The van der Waals surface area contributed by atoms with E-state index in [2.05, 4.69) is 30.8 Å². The van der Waals surface area contributed by atoms with Crippen molar-refractivity contribution in [3.8, 4) is 5.75 Å². The summed E-state index contributed by atoms with van der Waals surface area (Å²) in [5.74, 6) is 0.330. The summed E-state index contributed by atoms with van der Waals surface area (Å²) >= 11 is 0. The number of fused-ring (bicyclic) bond motifs is 2. The molecule has 0 bridgehead atoms. The molecular weight excluding hydrogens is 977 g/mol. The fourth-order valence-electron chi connectivity index (χ4n) is 8.42. The Balaban J connectivity index is 0.000000166. The van der Waals surface area contributed by atoms with Crippen molar-refractivity contribution in [3.63, 3.8) is 0 Å². The summed E-state index contributed by atoms with van der Waals surface area (Å²) in [6, 6.07) is 12.9. The van der Waals surface area contributed by atoms with E-state index in [4.69, 9.17) is 18.9 Å². The summed E-state index contributed by atoms with van der Waals surface area (Å²) < 4.78 is 75.3. The van der Waals surface area contributed by atoms with Crippen LogP contribution in [0.25, 0.3) is 0 Å². The lowest BCUT2D eigenvalue weighted by molar-refractivity contribution is -0.118. The second-order valence-corrected chi connectivity index (χ2v) is 18.7. The van der Waals surface area contributed by atoms with E-state index in [1.54, 1.807) is 81.2 Å². The Bertz CT molecular complexity index is 2790. The number of anilines is 4. The Morgan fingerprint density at radius 3 is 1.61 bits per heavy atom. The maximum absolute atomic E-state index is 12.9. The first-order chi connectivity index (χ1) is 35.2. The van der Waals surface area contributed by atoms with Gasteiger partial charge in [-0.15, -0.1) is 0 Å². The summed E-state index contributed by atoms with van der Waals surface area (Å²) in [6.07, 6.45) is -0.350. The van der Waals surface area contributed by atoms with Gasteiger partial charge < -0.3 is 39.0 Å². The zero-order valence-corrected chi connectivity index (χ0v) is 41.8. The van der Waals surface area contributed by atoms with Crippen LogP contribution in [-0.2, 0) is 50.0 Å². The molecule has 6 amide bonds. The SMILES string of the molecule is CO[C@H]1CC(=O)N(c2cnn3c2CN(C(=O)Nc2ccnc(C(F)F)c2)[C@@H](C)C3)C1.CO[C@H]1CC(=O)N(c2cnn3c2CN(C(=O)OC(C)(C)C)[C@@H](C)C3)C1.O=C(Nc1ccnc(C(F)F)c1)Oc1ccccc1. The second-order valence-electron chi connectivity index (χ2n) is 18.7. The highest BCUT2D eigenvalue weighted by molar-refractivity contribution is 5.97. The van der Waals surface area contributed by atoms with Gasteiger partial charge in [-0.3, -0.25) is 39.1 Å². The molecule has 2 N–H and O–H groups in total. The van der Waals surface area contributed by atoms with Crippen molar-refractivity contribution in [2.24, 2.45) is 0 Å². The third-order valence-electron chi connectivity index (χ3n) is 12.2. The summed E-state index contributed by atoms with van der Waals surface area (Å²) in [6.45, 7) is 12.0. The van der Waals surface area contributed by atoms with E-state index in [9.17, 15) is 41.5 Å². The smallest absolute Gasteiger partial charge is 0.417 e. The van der Waals surface area contributed by atoms with Crippen LogP contribution in [0.15, 0.2) is 79.4 Å². The van der Waals surface area contributed by atoms with Crippen LogP contribution in [0.2, 0.25) is 0 Å². The molecule has 2 fully saturated rings. The predicted octanol–water partition coefficient (Wildman–Crippen LogP) is 7.81. The van der Waals surface area contributed by atoms with Crippen LogP contribution in [0.4, 0.5) is 54.7 Å². The third-order valence-corrected chi connectivity index (χ3v) is 12.2. The molecule has 0 unspecified atom stereocenters. The molecule has 5 aromatic rings. The maximum Gasteiger partial charge on any atom is 0.417 e. The summed E-state index contributed by atoms with van der Waals surface area (Å²) in [5.41, 5.74) is 2.11. The van der Waals surface area contributed by atoms with Crippen LogP contribution in [0.1, 0.15) is 83.1 Å². The Morgan fingerprint density at radius 1 is 0.676 bits per heavy atom. The minimum atomic E-state index is -2.72. The summed E-state index contributed by atoms with van der Waals surface area (Å²) in [7, 11) is 3.18. The third kappa shape index (κ3) is 13.3. The molecule has 396 valence electrons. The molecule has 4 aliphatic heterocycles. The van der Waals surface area contributed by atoms with E-state index >= 15 is 0 Å². The molecule has 9 rings (SSSR count). The summed E-state index contributed by atoms with van der Waals surface area (Å²) in [4.78, 5) is 75.3. The van der Waals surface area contributed by atoms with Gasteiger partial charge in [-0.1, -0.05) is 18.2 Å². The van der Waals surface area contributed by atoms with Gasteiger partial charge in [0.05, 0.1) is 112 Å². The minimum absolute atomic E-state index is 0.0186. The average Bonchev–Trinajstić information content (AvgIpc) is 4.15. The molecule has 0 radical (unpaired) electrons. The topological polar surface area (TPSA) is 221 Å². The van der Waals surface area contributed by atoms with Gasteiger partial charge in [-0.05, 0) is 71.0 Å². The normalized spacial score (nSPS) is 19.3. The summed E-state index contributed by atoms with van der Waals surface area (Å²) in [5, 5.41) is 13.8. The number of ether oxygens (including phenoxy) is 4. The highest BCUT2D eigenvalue weighted by Gasteiger charge is 2.39. The van der Waals surface area contributed by atoms with Gasteiger partial charge in [0.2, 0.25) is 11.8 Å². The van der Waals surface area contributed by atoms with Crippen LogP contribution in [0, 0.1) is 0 Å². The zero-order valence-electron chi connectivity index (χ0n) is 41.8. The molecule has 21 nitrogen and oxygen atoms in total. The Kier molecular flexibility index (Phi) is 17.2. The number of amides is 6. The molecule has 4 atom stereocenters. The first-order valence-corrected chi connectivity index (χ1v) is 23.6. The molecule has 4 aromatic heterocycles. The fourth-order valence-corrected chi connectivity index (χ4v) is 8.42. The number of urea groups is 1. The van der Waals surface area contributed by atoms with E-state index in [1.807, 2.05) is 39.3 Å². The molecule has 4 aliphatic rings. The number of rotatable bonds is 9. The highest BCUT2D eigenvalue weighted by atomic mass is 19.3. The van der Waals surface area contributed by atoms with Gasteiger partial charge in [0.1, 0.15) is 22.7 Å². The number of nitrogens with zero attached hydrogens (tertiary/aromatic N) is 10. The van der Waals surface area contributed by atoms with Crippen LogP contribution < -0.4 is 25.2 Å². The van der Waals surface area contributed by atoms with Crippen molar-refractivity contribution in [2.75, 3.05) is 47.7 Å². The lowest BCUT2D eigenvalue weighted by Gasteiger charge is -2.36. The highest BCUT2D eigenvalue weighted by Crippen LogP contribution is 2.33. The molecule has 1 aromatic carbocycles. The van der Waals surface area contributed by atoms with Gasteiger partial charge in [0, 0.05) is 38.0 Å². The molecule has 0 saturated carbocycles. The van der Waals surface area contributed by atoms with E-state index < -0.39 is 42.0 Å². The molecule has 0 spiro atoms. The van der Waals surface area contributed by atoms with Gasteiger partial charge in [0.15, 0.2) is 0 Å². The lowest BCUT2D eigenvalue weighted by atomic mass is 10.2. The van der Waals surface area contributed by atoms with Crippen LogP contribution in [0.5, 0.6) is 5.75 Å². The average molecular weight is 1040 g/mol. The largest absolute Gasteiger partial charge is 0.444 e. The van der Waals surface area contributed by atoms with Crippen LogP contribution in [0.3, 0.4) is 0 Å². The molecule has 0 aliphatic carbocycles. The Morgan fingerprint density at radius 2 is 1.15 bits per heavy atom.